The first-order valence-corrected chi connectivity index (χ1v) is 11.9. The second-order valence-electron chi connectivity index (χ2n) is 8.15. The highest BCUT2D eigenvalue weighted by Gasteiger charge is 2.45. The van der Waals surface area contributed by atoms with Crippen molar-refractivity contribution in [3.05, 3.63) is 0 Å². The Morgan fingerprint density at radius 3 is 1.64 bits per heavy atom. The molecule has 5 atom stereocenters. The number of ether oxygens (including phenoxy) is 4. The molecule has 1 aliphatic carbocycles. The van der Waals surface area contributed by atoms with Gasteiger partial charge in [0.15, 0.2) is 0 Å². The van der Waals surface area contributed by atoms with E-state index < -0.39 is 0 Å². The molecule has 0 aromatic carbocycles. The maximum atomic E-state index is 6.58. The fraction of sp³-hybridized carbons (Fsp3) is 1.00. The molecule has 0 amide bonds. The second kappa shape index (κ2) is 16.6. The van der Waals surface area contributed by atoms with Gasteiger partial charge in [-0.15, -0.1) is 0 Å². The Morgan fingerprint density at radius 2 is 1.11 bits per heavy atom. The first-order chi connectivity index (χ1) is 13.7. The van der Waals surface area contributed by atoms with E-state index >= 15 is 0 Å². The zero-order chi connectivity index (χ0) is 20.6. The molecule has 168 valence electrons. The fourth-order valence-electron chi connectivity index (χ4n) is 3.69. The van der Waals surface area contributed by atoms with Crippen LogP contribution in [0.5, 0.6) is 0 Å². The Labute approximate surface area is 174 Å². The van der Waals surface area contributed by atoms with E-state index in [1.807, 2.05) is 0 Å². The van der Waals surface area contributed by atoms with E-state index in [1.165, 1.54) is 0 Å². The summed E-state index contributed by atoms with van der Waals surface area (Å²) >= 11 is 0. The van der Waals surface area contributed by atoms with Gasteiger partial charge < -0.3 is 24.7 Å². The standard InChI is InChI=1S/C23H47NO4/c1-5-9-13-25-18-19-17-20(24)22(27-15-11-7-3)23(28-16-12-8-4)21(19)26-14-10-6-2/h19-23H,5-18,24H2,1-4H3/t19-,20-,21-,22+,23+/m1/s1. The lowest BCUT2D eigenvalue weighted by Gasteiger charge is -2.45. The van der Waals surface area contributed by atoms with E-state index in [0.717, 1.165) is 84.2 Å². The molecule has 1 aliphatic rings. The summed E-state index contributed by atoms with van der Waals surface area (Å²) in [7, 11) is 0. The van der Waals surface area contributed by atoms with Gasteiger partial charge in [0.05, 0.1) is 12.7 Å². The van der Waals surface area contributed by atoms with E-state index in [4.69, 9.17) is 24.7 Å². The Bertz CT molecular complexity index is 355. The Morgan fingerprint density at radius 1 is 0.643 bits per heavy atom. The topological polar surface area (TPSA) is 62.9 Å². The number of rotatable bonds is 17. The van der Waals surface area contributed by atoms with Crippen molar-refractivity contribution in [2.75, 3.05) is 33.0 Å². The lowest BCUT2D eigenvalue weighted by Crippen LogP contribution is -2.60. The summed E-state index contributed by atoms with van der Waals surface area (Å²) in [6.07, 6.45) is 9.43. The molecular weight excluding hydrogens is 354 g/mol. The summed E-state index contributed by atoms with van der Waals surface area (Å²) in [6.45, 7) is 12.5. The van der Waals surface area contributed by atoms with Crippen LogP contribution in [0.4, 0.5) is 0 Å². The minimum absolute atomic E-state index is 0.00328. The van der Waals surface area contributed by atoms with Gasteiger partial charge in [0.1, 0.15) is 12.2 Å². The molecule has 1 saturated carbocycles. The van der Waals surface area contributed by atoms with Gasteiger partial charge in [-0.1, -0.05) is 53.4 Å². The van der Waals surface area contributed by atoms with Crippen LogP contribution in [0.1, 0.15) is 85.5 Å². The van der Waals surface area contributed by atoms with Crippen LogP contribution in [0, 0.1) is 5.92 Å². The molecule has 0 heterocycles. The lowest BCUT2D eigenvalue weighted by molar-refractivity contribution is -0.190. The average molecular weight is 402 g/mol. The maximum Gasteiger partial charge on any atom is 0.112 e. The van der Waals surface area contributed by atoms with Crippen molar-refractivity contribution in [3.8, 4) is 0 Å². The van der Waals surface area contributed by atoms with Crippen molar-refractivity contribution >= 4 is 0 Å². The van der Waals surface area contributed by atoms with Crippen LogP contribution in [0.25, 0.3) is 0 Å². The molecular formula is C23H47NO4. The maximum absolute atomic E-state index is 6.58. The quantitative estimate of drug-likeness (QED) is 0.358. The molecule has 5 heteroatoms. The SMILES string of the molecule is CCCCOC[C@H]1C[C@@H](N)[C@H](OCCCC)[C@@H](OCCCC)[C@@H]1OCCCC. The minimum Gasteiger partial charge on any atom is -0.381 e. The summed E-state index contributed by atoms with van der Waals surface area (Å²) in [5.41, 5.74) is 6.58. The molecule has 0 aromatic heterocycles. The molecule has 1 fully saturated rings. The molecule has 0 spiro atoms. The Kier molecular flexibility index (Phi) is 15.3. The van der Waals surface area contributed by atoms with Crippen LogP contribution in [0.2, 0.25) is 0 Å². The summed E-state index contributed by atoms with van der Waals surface area (Å²) < 4.78 is 24.9. The molecule has 0 aromatic rings. The summed E-state index contributed by atoms with van der Waals surface area (Å²) in [4.78, 5) is 0. The van der Waals surface area contributed by atoms with Gasteiger partial charge in [0.2, 0.25) is 0 Å². The molecule has 0 bridgehead atoms. The van der Waals surface area contributed by atoms with Crippen LogP contribution in [-0.2, 0) is 18.9 Å². The summed E-state index contributed by atoms with van der Waals surface area (Å²) in [5.74, 6) is 0.265. The van der Waals surface area contributed by atoms with E-state index in [2.05, 4.69) is 27.7 Å². The molecule has 0 aliphatic heterocycles. The molecule has 0 radical (unpaired) electrons. The number of unbranched alkanes of at least 4 members (excludes halogenated alkanes) is 4. The zero-order valence-electron chi connectivity index (χ0n) is 19.0. The van der Waals surface area contributed by atoms with Crippen LogP contribution in [0.3, 0.4) is 0 Å². The second-order valence-corrected chi connectivity index (χ2v) is 8.15. The number of hydrogen-bond acceptors (Lipinski definition) is 5. The third-order valence-electron chi connectivity index (χ3n) is 5.51. The molecule has 0 saturated heterocycles. The van der Waals surface area contributed by atoms with Crippen molar-refractivity contribution in [2.45, 2.75) is 110 Å². The highest BCUT2D eigenvalue weighted by atomic mass is 16.6. The number of hydrogen-bond donors (Lipinski definition) is 1. The van der Waals surface area contributed by atoms with Crippen LogP contribution >= 0.6 is 0 Å². The van der Waals surface area contributed by atoms with Gasteiger partial charge in [0.25, 0.3) is 0 Å². The van der Waals surface area contributed by atoms with Crippen LogP contribution in [0.15, 0.2) is 0 Å². The van der Waals surface area contributed by atoms with E-state index in [9.17, 15) is 0 Å². The van der Waals surface area contributed by atoms with Gasteiger partial charge in [-0.05, 0) is 32.1 Å². The van der Waals surface area contributed by atoms with Crippen molar-refractivity contribution in [3.63, 3.8) is 0 Å². The summed E-state index contributed by atoms with van der Waals surface area (Å²) in [5, 5.41) is 0. The third-order valence-corrected chi connectivity index (χ3v) is 5.51. The van der Waals surface area contributed by atoms with Gasteiger partial charge in [-0.25, -0.2) is 0 Å². The van der Waals surface area contributed by atoms with E-state index in [-0.39, 0.29) is 30.3 Å². The summed E-state index contributed by atoms with van der Waals surface area (Å²) in [6, 6.07) is -0.0331. The Balaban J connectivity index is 2.84. The fourth-order valence-corrected chi connectivity index (χ4v) is 3.69. The van der Waals surface area contributed by atoms with Crippen molar-refractivity contribution in [1.29, 1.82) is 0 Å². The highest BCUT2D eigenvalue weighted by molar-refractivity contribution is 4.97. The first kappa shape index (κ1) is 25.8. The largest absolute Gasteiger partial charge is 0.381 e. The van der Waals surface area contributed by atoms with Crippen molar-refractivity contribution in [1.82, 2.24) is 0 Å². The smallest absolute Gasteiger partial charge is 0.112 e. The normalized spacial score (nSPS) is 28.0. The molecule has 2 N–H and O–H groups in total. The van der Waals surface area contributed by atoms with Gasteiger partial charge >= 0.3 is 0 Å². The lowest BCUT2D eigenvalue weighted by atomic mass is 9.79. The predicted octanol–water partition coefficient (Wildman–Crippen LogP) is 4.71. The predicted molar refractivity (Wildman–Crippen MR) is 116 cm³/mol. The van der Waals surface area contributed by atoms with Crippen LogP contribution in [-0.4, -0.2) is 57.4 Å². The molecule has 5 nitrogen and oxygen atoms in total. The van der Waals surface area contributed by atoms with Gasteiger partial charge in [-0.3, -0.25) is 0 Å². The van der Waals surface area contributed by atoms with E-state index in [0.29, 0.717) is 6.61 Å². The van der Waals surface area contributed by atoms with Gasteiger partial charge in [0, 0.05) is 38.4 Å². The third kappa shape index (κ3) is 9.53. The van der Waals surface area contributed by atoms with Crippen molar-refractivity contribution in [2.24, 2.45) is 11.7 Å². The van der Waals surface area contributed by atoms with E-state index in [1.54, 1.807) is 0 Å². The highest BCUT2D eigenvalue weighted by Crippen LogP contribution is 2.32. The zero-order valence-corrected chi connectivity index (χ0v) is 19.0. The molecule has 28 heavy (non-hydrogen) atoms. The van der Waals surface area contributed by atoms with Crippen molar-refractivity contribution < 1.29 is 18.9 Å². The number of nitrogens with two attached hydrogens (primary N) is 1. The molecule has 0 unspecified atom stereocenters. The first-order valence-electron chi connectivity index (χ1n) is 11.9. The Hall–Kier alpha value is -0.200. The van der Waals surface area contributed by atoms with Crippen LogP contribution < -0.4 is 5.73 Å². The monoisotopic (exact) mass is 401 g/mol. The average Bonchev–Trinajstić information content (AvgIpc) is 2.69. The van der Waals surface area contributed by atoms with Gasteiger partial charge in [-0.2, -0.15) is 0 Å². The molecule has 1 rings (SSSR count). The minimum atomic E-state index is -0.108.